The summed E-state index contributed by atoms with van der Waals surface area (Å²) in [7, 11) is 2.23. The molecule has 0 aliphatic carbocycles. The number of rotatable bonds is 22. The van der Waals surface area contributed by atoms with E-state index in [0.29, 0.717) is 11.6 Å². The van der Waals surface area contributed by atoms with Gasteiger partial charge in [-0.05, 0) is 51.1 Å². The van der Waals surface area contributed by atoms with E-state index in [2.05, 4.69) is 77.6 Å². The van der Waals surface area contributed by atoms with Crippen LogP contribution in [0.4, 0.5) is 6.01 Å². The molecule has 1 aromatic rings. The van der Waals surface area contributed by atoms with Crippen LogP contribution in [0.2, 0.25) is 0 Å². The summed E-state index contributed by atoms with van der Waals surface area (Å²) in [5, 5.41) is 3.96. The molecule has 1 aromatic heterocycles. The molecule has 0 aromatic carbocycles. The third kappa shape index (κ3) is 32.2. The number of nitrogens with one attached hydrogen (secondary N) is 1. The Bertz CT molecular complexity index is 722. The normalized spacial score (nSPS) is 10.4. The Morgan fingerprint density at radius 3 is 1.63 bits per heavy atom. The van der Waals surface area contributed by atoms with Crippen LogP contribution in [0.25, 0.3) is 0 Å². The minimum Gasteiger partial charge on any atom is -0.389 e. The molecule has 6 heteroatoms. The molecule has 0 atom stereocenters. The van der Waals surface area contributed by atoms with Crippen LogP contribution in [-0.2, 0) is 0 Å². The Morgan fingerprint density at radius 1 is 0.698 bits per heavy atom. The summed E-state index contributed by atoms with van der Waals surface area (Å²) in [6.45, 7) is 24.8. The minimum atomic E-state index is -0.258. The quantitative estimate of drug-likeness (QED) is 0.102. The number of aromatic nitrogens is 1. The fourth-order valence-corrected chi connectivity index (χ4v) is 5.22. The van der Waals surface area contributed by atoms with E-state index in [9.17, 15) is 4.79 Å². The lowest BCUT2D eigenvalue weighted by Gasteiger charge is -2.14. The molecule has 0 radical (unpaired) electrons. The third-order valence-corrected chi connectivity index (χ3v) is 7.59. The summed E-state index contributed by atoms with van der Waals surface area (Å²) >= 11 is 1.60. The molecule has 0 amide bonds. The first-order chi connectivity index (χ1) is 20.7. The number of unbranched alkanes of at least 4 members (excludes halogenated alkanes) is 12. The number of anilines is 1. The summed E-state index contributed by atoms with van der Waals surface area (Å²) < 4.78 is 5.31. The van der Waals surface area contributed by atoms with Crippen LogP contribution < -0.4 is 10.9 Å². The Labute approximate surface area is 274 Å². The lowest BCUT2D eigenvalue weighted by Crippen LogP contribution is -2.20. The molecule has 0 aliphatic heterocycles. The number of thioether (sulfide) groups is 1. The highest BCUT2D eigenvalue weighted by Crippen LogP contribution is 2.25. The second kappa shape index (κ2) is 37.2. The molecule has 0 aliphatic rings. The molecule has 1 heterocycles. The van der Waals surface area contributed by atoms with Gasteiger partial charge >= 0.3 is 5.63 Å². The van der Waals surface area contributed by atoms with Crippen LogP contribution in [0, 0.1) is 0 Å². The van der Waals surface area contributed by atoms with Crippen molar-refractivity contribution in [2.24, 2.45) is 0 Å². The second-order valence-electron chi connectivity index (χ2n) is 11.9. The Morgan fingerprint density at radius 2 is 1.19 bits per heavy atom. The van der Waals surface area contributed by atoms with Gasteiger partial charge in [-0.2, -0.15) is 4.98 Å². The summed E-state index contributed by atoms with van der Waals surface area (Å²) in [6, 6.07) is 0.360. The molecule has 0 fully saturated rings. The van der Waals surface area contributed by atoms with Gasteiger partial charge in [-0.15, -0.1) is 11.8 Å². The molecule has 0 saturated heterocycles. The van der Waals surface area contributed by atoms with Crippen LogP contribution in [-0.4, -0.2) is 42.3 Å². The monoisotopic (exact) mass is 628 g/mol. The van der Waals surface area contributed by atoms with Gasteiger partial charge in [0.05, 0.1) is 5.56 Å². The fraction of sp³-hybridized carbons (Fsp3) is 0.892. The van der Waals surface area contributed by atoms with Crippen molar-refractivity contribution in [1.29, 1.82) is 0 Å². The van der Waals surface area contributed by atoms with Crippen molar-refractivity contribution in [3.8, 4) is 0 Å². The van der Waals surface area contributed by atoms with Gasteiger partial charge in [0, 0.05) is 6.54 Å². The Hall–Kier alpha value is -1.01. The molecule has 0 spiro atoms. The van der Waals surface area contributed by atoms with Crippen molar-refractivity contribution in [1.82, 2.24) is 9.88 Å². The molecule has 0 saturated carbocycles. The number of hydrogen-bond acceptors (Lipinski definition) is 6. The average molecular weight is 628 g/mol. The highest BCUT2D eigenvalue weighted by Gasteiger charge is 2.16. The average Bonchev–Trinajstić information content (AvgIpc) is 2.96. The van der Waals surface area contributed by atoms with Gasteiger partial charge in [-0.25, -0.2) is 4.79 Å². The first-order valence-corrected chi connectivity index (χ1v) is 19.3. The van der Waals surface area contributed by atoms with E-state index in [1.165, 1.54) is 116 Å². The van der Waals surface area contributed by atoms with Crippen molar-refractivity contribution >= 4 is 17.8 Å². The van der Waals surface area contributed by atoms with Gasteiger partial charge in [-0.1, -0.05) is 159 Å². The van der Waals surface area contributed by atoms with E-state index in [0.717, 1.165) is 23.7 Å². The van der Waals surface area contributed by atoms with E-state index < -0.39 is 0 Å². The third-order valence-electron chi connectivity index (χ3n) is 6.71. The van der Waals surface area contributed by atoms with Crippen LogP contribution >= 0.6 is 11.8 Å². The lowest BCUT2D eigenvalue weighted by atomic mass is 10.1. The van der Waals surface area contributed by atoms with Crippen molar-refractivity contribution < 1.29 is 4.42 Å². The van der Waals surface area contributed by atoms with E-state index in [1.807, 2.05) is 13.8 Å². The van der Waals surface area contributed by atoms with Gasteiger partial charge in [0.25, 0.3) is 6.01 Å². The standard InChI is InChI=1S/C17H30N2O2S.C12H27N.C5H12.C3H8/c1-5-7-8-9-10-11-12-18-17-19-15(22-6-2)14(13(3)4)16(20)21-17;1-4-6-7-8-9-10-12-13(3)11-5-2;1-3-5-4-2;1-3-2/h13H,5-12H2,1-4H3,(H,18,19);4-12H2,1-3H3;3-5H2,1-2H3;3H2,1-2H3. The highest BCUT2D eigenvalue weighted by molar-refractivity contribution is 7.99. The maximum Gasteiger partial charge on any atom is 0.344 e. The van der Waals surface area contributed by atoms with E-state index in [4.69, 9.17) is 4.42 Å². The topological polar surface area (TPSA) is 58.4 Å². The van der Waals surface area contributed by atoms with Gasteiger partial charge in [0.2, 0.25) is 0 Å². The van der Waals surface area contributed by atoms with Crippen LogP contribution in [0.15, 0.2) is 14.2 Å². The summed E-state index contributed by atoms with van der Waals surface area (Å²) in [6.07, 6.45) is 22.5. The minimum absolute atomic E-state index is 0.130. The van der Waals surface area contributed by atoms with Crippen molar-refractivity contribution in [3.63, 3.8) is 0 Å². The van der Waals surface area contributed by atoms with E-state index in [1.54, 1.807) is 11.8 Å². The predicted molar refractivity (Wildman–Crippen MR) is 197 cm³/mol. The van der Waals surface area contributed by atoms with Gasteiger partial charge in [0.15, 0.2) is 0 Å². The fourth-order valence-electron chi connectivity index (χ4n) is 4.32. The molecule has 5 nitrogen and oxygen atoms in total. The van der Waals surface area contributed by atoms with Crippen LogP contribution in [0.3, 0.4) is 0 Å². The van der Waals surface area contributed by atoms with Crippen LogP contribution in [0.1, 0.15) is 190 Å². The van der Waals surface area contributed by atoms with Crippen molar-refractivity contribution in [2.45, 2.75) is 189 Å². The van der Waals surface area contributed by atoms with E-state index in [-0.39, 0.29) is 11.5 Å². The van der Waals surface area contributed by atoms with E-state index >= 15 is 0 Å². The maximum atomic E-state index is 12.1. The molecule has 258 valence electrons. The summed E-state index contributed by atoms with van der Waals surface area (Å²) in [5.74, 6) is 1.03. The Kier molecular flexibility index (Phi) is 40.1. The zero-order chi connectivity index (χ0) is 33.1. The SMILES string of the molecule is CCC.CCCCC.CCCCCCCCN(C)CCC.CCCCCCCCNc1nc(SCC)c(C(C)C)c(=O)o1. The van der Waals surface area contributed by atoms with Crippen molar-refractivity contribution in [2.75, 3.05) is 37.8 Å². The van der Waals surface area contributed by atoms with Gasteiger partial charge < -0.3 is 14.6 Å². The molecule has 0 unspecified atom stereocenters. The smallest absolute Gasteiger partial charge is 0.344 e. The Balaban J connectivity index is -0.000000641. The molecule has 1 N–H and O–H groups in total. The maximum absolute atomic E-state index is 12.1. The molecule has 43 heavy (non-hydrogen) atoms. The highest BCUT2D eigenvalue weighted by atomic mass is 32.2. The summed E-state index contributed by atoms with van der Waals surface area (Å²) in [5.41, 5.74) is 0.434. The predicted octanol–water partition coefficient (Wildman–Crippen LogP) is 12.3. The van der Waals surface area contributed by atoms with Gasteiger partial charge in [0.1, 0.15) is 5.03 Å². The molecular formula is C37H77N3O2S. The first kappa shape index (κ1) is 46.4. The molecule has 0 bridgehead atoms. The second-order valence-corrected chi connectivity index (χ2v) is 13.2. The summed E-state index contributed by atoms with van der Waals surface area (Å²) in [4.78, 5) is 19.0. The zero-order valence-corrected chi connectivity index (χ0v) is 31.9. The number of nitrogens with zero attached hydrogens (tertiary/aromatic N) is 2. The van der Waals surface area contributed by atoms with Crippen LogP contribution in [0.5, 0.6) is 0 Å². The van der Waals surface area contributed by atoms with Gasteiger partial charge in [-0.3, -0.25) is 0 Å². The number of hydrogen-bond donors (Lipinski definition) is 1. The van der Waals surface area contributed by atoms with Crippen molar-refractivity contribution in [3.05, 3.63) is 16.0 Å². The lowest BCUT2D eigenvalue weighted by molar-refractivity contribution is 0.324. The first-order valence-electron chi connectivity index (χ1n) is 18.3. The molecular weight excluding hydrogens is 550 g/mol. The molecule has 1 rings (SSSR count). The zero-order valence-electron chi connectivity index (χ0n) is 31.0. The largest absolute Gasteiger partial charge is 0.389 e.